The monoisotopic (exact) mass is 205 g/mol. The minimum Gasteiger partial charge on any atom is -0.507 e. The lowest BCUT2D eigenvalue weighted by Gasteiger charge is -2.16. The van der Waals surface area contributed by atoms with Crippen LogP contribution >= 0.6 is 0 Å². The fraction of sp³-hybridized carbons (Fsp3) is 0.538. The Balaban J connectivity index is 2.07. The molecule has 15 heavy (non-hydrogen) atoms. The molecule has 0 aliphatic carbocycles. The molecule has 0 radical (unpaired) electrons. The number of para-hydroxylation sites is 1. The van der Waals surface area contributed by atoms with Crippen LogP contribution in [0.4, 0.5) is 0 Å². The second kappa shape index (κ2) is 4.23. The molecule has 0 bridgehead atoms. The van der Waals surface area contributed by atoms with Crippen molar-refractivity contribution in [2.75, 3.05) is 13.1 Å². The average Bonchev–Trinajstić information content (AvgIpc) is 2.59. The van der Waals surface area contributed by atoms with Gasteiger partial charge in [-0.2, -0.15) is 0 Å². The lowest BCUT2D eigenvalue weighted by molar-refractivity contribution is 0.313. The highest BCUT2D eigenvalue weighted by Crippen LogP contribution is 2.25. The molecule has 2 rings (SSSR count). The second-order valence-corrected chi connectivity index (χ2v) is 4.71. The van der Waals surface area contributed by atoms with Crippen molar-refractivity contribution >= 4 is 0 Å². The number of rotatable bonds is 2. The molecule has 1 aromatic rings. The predicted molar refractivity (Wildman–Crippen MR) is 61.9 cm³/mol. The van der Waals surface area contributed by atoms with Crippen LogP contribution in [-0.2, 0) is 6.54 Å². The number of benzene rings is 1. The van der Waals surface area contributed by atoms with Crippen molar-refractivity contribution in [3.05, 3.63) is 29.3 Å². The van der Waals surface area contributed by atoms with Crippen molar-refractivity contribution < 1.29 is 5.11 Å². The van der Waals surface area contributed by atoms with Crippen LogP contribution < -0.4 is 0 Å². The molecule has 0 saturated carbocycles. The van der Waals surface area contributed by atoms with Crippen molar-refractivity contribution in [3.63, 3.8) is 0 Å². The van der Waals surface area contributed by atoms with E-state index in [1.54, 1.807) is 0 Å². The molecular formula is C13H19NO. The zero-order chi connectivity index (χ0) is 10.8. The van der Waals surface area contributed by atoms with Crippen molar-refractivity contribution in [3.8, 4) is 5.75 Å². The van der Waals surface area contributed by atoms with Crippen LogP contribution in [0.5, 0.6) is 5.75 Å². The van der Waals surface area contributed by atoms with Gasteiger partial charge in [0.2, 0.25) is 0 Å². The van der Waals surface area contributed by atoms with Crippen LogP contribution in [-0.4, -0.2) is 23.1 Å². The molecule has 0 amide bonds. The van der Waals surface area contributed by atoms with Gasteiger partial charge in [0.1, 0.15) is 5.75 Å². The summed E-state index contributed by atoms with van der Waals surface area (Å²) in [7, 11) is 0. The van der Waals surface area contributed by atoms with Gasteiger partial charge in [0.25, 0.3) is 0 Å². The van der Waals surface area contributed by atoms with Crippen LogP contribution in [0, 0.1) is 12.8 Å². The molecule has 1 aromatic carbocycles. The minimum atomic E-state index is 0.469. The topological polar surface area (TPSA) is 23.5 Å². The second-order valence-electron chi connectivity index (χ2n) is 4.71. The van der Waals surface area contributed by atoms with Gasteiger partial charge < -0.3 is 5.11 Å². The van der Waals surface area contributed by atoms with E-state index in [4.69, 9.17) is 0 Å². The average molecular weight is 205 g/mol. The highest BCUT2D eigenvalue weighted by atomic mass is 16.3. The molecule has 82 valence electrons. The zero-order valence-corrected chi connectivity index (χ0v) is 9.53. The van der Waals surface area contributed by atoms with Gasteiger partial charge in [-0.1, -0.05) is 25.1 Å². The Hall–Kier alpha value is -1.02. The first-order chi connectivity index (χ1) is 7.16. The maximum Gasteiger partial charge on any atom is 0.122 e. The Bertz CT molecular complexity index is 348. The van der Waals surface area contributed by atoms with Gasteiger partial charge in [-0.15, -0.1) is 0 Å². The third kappa shape index (κ3) is 2.32. The summed E-state index contributed by atoms with van der Waals surface area (Å²) in [5.41, 5.74) is 2.03. The van der Waals surface area contributed by atoms with Crippen LogP contribution in [0.15, 0.2) is 18.2 Å². The Kier molecular flexibility index (Phi) is 2.96. The van der Waals surface area contributed by atoms with Crippen LogP contribution in [0.3, 0.4) is 0 Å². The molecule has 1 N–H and O–H groups in total. The lowest BCUT2D eigenvalue weighted by atomic mass is 10.1. The van der Waals surface area contributed by atoms with Crippen LogP contribution in [0.2, 0.25) is 0 Å². The van der Waals surface area contributed by atoms with Gasteiger partial charge in [0.05, 0.1) is 0 Å². The van der Waals surface area contributed by atoms with E-state index in [-0.39, 0.29) is 0 Å². The van der Waals surface area contributed by atoms with E-state index >= 15 is 0 Å². The van der Waals surface area contributed by atoms with E-state index in [0.29, 0.717) is 5.75 Å². The number of aryl methyl sites for hydroxylation is 1. The number of likely N-dealkylation sites (tertiary alicyclic amines) is 1. The Morgan fingerprint density at radius 2 is 2.27 bits per heavy atom. The fourth-order valence-electron chi connectivity index (χ4n) is 2.26. The van der Waals surface area contributed by atoms with Gasteiger partial charge in [0, 0.05) is 18.7 Å². The van der Waals surface area contributed by atoms with Gasteiger partial charge in [-0.05, 0) is 31.4 Å². The number of phenolic OH excluding ortho intramolecular Hbond substituents is 1. The fourth-order valence-corrected chi connectivity index (χ4v) is 2.26. The normalized spacial score (nSPS) is 22.1. The van der Waals surface area contributed by atoms with E-state index < -0.39 is 0 Å². The van der Waals surface area contributed by atoms with E-state index in [1.165, 1.54) is 6.42 Å². The lowest BCUT2D eigenvalue weighted by Crippen LogP contribution is -2.19. The highest BCUT2D eigenvalue weighted by molar-refractivity contribution is 5.39. The molecule has 1 saturated heterocycles. The summed E-state index contributed by atoms with van der Waals surface area (Å²) >= 11 is 0. The molecule has 2 heteroatoms. The zero-order valence-electron chi connectivity index (χ0n) is 9.53. The van der Waals surface area contributed by atoms with Crippen molar-refractivity contribution in [2.45, 2.75) is 26.8 Å². The van der Waals surface area contributed by atoms with Gasteiger partial charge >= 0.3 is 0 Å². The largest absolute Gasteiger partial charge is 0.507 e. The molecule has 0 spiro atoms. The molecule has 1 aliphatic heterocycles. The molecule has 2 nitrogen and oxygen atoms in total. The summed E-state index contributed by atoms with van der Waals surface area (Å²) in [6.07, 6.45) is 1.28. The van der Waals surface area contributed by atoms with Gasteiger partial charge in [-0.3, -0.25) is 4.90 Å². The third-order valence-electron chi connectivity index (χ3n) is 3.22. The first-order valence-corrected chi connectivity index (χ1v) is 5.66. The number of phenols is 1. The summed E-state index contributed by atoms with van der Waals surface area (Å²) in [6.45, 7) is 7.45. The summed E-state index contributed by atoms with van der Waals surface area (Å²) in [5, 5.41) is 9.90. The standard InChI is InChI=1S/C13H19NO/c1-10-6-7-14(8-10)9-12-5-3-4-11(2)13(12)15/h3-5,10,15H,6-9H2,1-2H3. The minimum absolute atomic E-state index is 0.469. The van der Waals surface area contributed by atoms with E-state index in [2.05, 4.69) is 11.8 Å². The molecule has 1 heterocycles. The molecular weight excluding hydrogens is 186 g/mol. The SMILES string of the molecule is Cc1cccc(CN2CCC(C)C2)c1O. The number of aromatic hydroxyl groups is 1. The molecule has 0 aromatic heterocycles. The summed E-state index contributed by atoms with van der Waals surface area (Å²) in [5.74, 6) is 1.27. The summed E-state index contributed by atoms with van der Waals surface area (Å²) < 4.78 is 0. The van der Waals surface area contributed by atoms with E-state index in [9.17, 15) is 5.11 Å². The molecule has 1 aliphatic rings. The highest BCUT2D eigenvalue weighted by Gasteiger charge is 2.19. The predicted octanol–water partition coefficient (Wildman–Crippen LogP) is 2.54. The Labute approximate surface area is 91.5 Å². The number of hydrogen-bond donors (Lipinski definition) is 1. The summed E-state index contributed by atoms with van der Waals surface area (Å²) in [4.78, 5) is 2.42. The van der Waals surface area contributed by atoms with E-state index in [1.807, 2.05) is 25.1 Å². The van der Waals surface area contributed by atoms with Crippen molar-refractivity contribution in [2.24, 2.45) is 5.92 Å². The summed E-state index contributed by atoms with van der Waals surface area (Å²) in [6, 6.07) is 5.99. The van der Waals surface area contributed by atoms with Crippen LogP contribution in [0.25, 0.3) is 0 Å². The van der Waals surface area contributed by atoms with Gasteiger partial charge in [-0.25, -0.2) is 0 Å². The molecule has 1 atom stereocenters. The maximum atomic E-state index is 9.90. The molecule has 1 fully saturated rings. The van der Waals surface area contributed by atoms with Crippen LogP contribution in [0.1, 0.15) is 24.5 Å². The smallest absolute Gasteiger partial charge is 0.122 e. The first kappa shape index (κ1) is 10.5. The maximum absolute atomic E-state index is 9.90. The molecule has 1 unspecified atom stereocenters. The Morgan fingerprint density at radius 1 is 1.47 bits per heavy atom. The quantitative estimate of drug-likeness (QED) is 0.802. The van der Waals surface area contributed by atoms with Crippen molar-refractivity contribution in [1.82, 2.24) is 4.90 Å². The van der Waals surface area contributed by atoms with Gasteiger partial charge in [0.15, 0.2) is 0 Å². The third-order valence-corrected chi connectivity index (χ3v) is 3.22. The first-order valence-electron chi connectivity index (χ1n) is 5.66. The Morgan fingerprint density at radius 3 is 2.93 bits per heavy atom. The number of hydrogen-bond acceptors (Lipinski definition) is 2. The van der Waals surface area contributed by atoms with Crippen molar-refractivity contribution in [1.29, 1.82) is 0 Å². The number of nitrogens with zero attached hydrogens (tertiary/aromatic N) is 1. The van der Waals surface area contributed by atoms with E-state index in [0.717, 1.165) is 36.7 Å².